The van der Waals surface area contributed by atoms with Crippen molar-refractivity contribution >= 4 is 17.8 Å². The quantitative estimate of drug-likeness (QED) is 0.312. The number of benzene rings is 1. The third-order valence-corrected chi connectivity index (χ3v) is 5.46. The van der Waals surface area contributed by atoms with E-state index in [0.717, 1.165) is 18.7 Å². The highest BCUT2D eigenvalue weighted by molar-refractivity contribution is 5.59. The van der Waals surface area contributed by atoms with Crippen molar-refractivity contribution in [3.63, 3.8) is 0 Å². The van der Waals surface area contributed by atoms with Crippen LogP contribution in [0.15, 0.2) is 60.9 Å². The average Bonchev–Trinajstić information content (AvgIpc) is 2.73. The van der Waals surface area contributed by atoms with Gasteiger partial charge in [0.1, 0.15) is 13.1 Å². The summed E-state index contributed by atoms with van der Waals surface area (Å²) >= 11 is 0. The van der Waals surface area contributed by atoms with Crippen LogP contribution in [0.25, 0.3) is 12.2 Å². The third kappa shape index (κ3) is 8.66. The molecule has 0 amide bonds. The highest BCUT2D eigenvalue weighted by atomic mass is 16.3. The molecule has 1 heterocycles. The number of likely N-dealkylation sites (N-methyl/N-ethyl adjacent to an activating group) is 1. The predicted octanol–water partition coefficient (Wildman–Crippen LogP) is 2.98. The number of rotatable bonds is 12. The molecule has 2 N–H and O–H groups in total. The first-order chi connectivity index (χ1) is 14.9. The summed E-state index contributed by atoms with van der Waals surface area (Å²) in [5.74, 6) is 0. The summed E-state index contributed by atoms with van der Waals surface area (Å²) in [7, 11) is 4.04. The largest absolute Gasteiger partial charge is 0.391 e. The number of quaternary nitrogens is 1. The Kier molecular flexibility index (Phi) is 9.92. The molecule has 0 fully saturated rings. The third-order valence-electron chi connectivity index (χ3n) is 5.46. The molecule has 1 unspecified atom stereocenters. The number of aromatic nitrogens is 1. The number of hydrogen-bond acceptors (Lipinski definition) is 3. The highest BCUT2D eigenvalue weighted by Crippen LogP contribution is 2.15. The second kappa shape index (κ2) is 12.4. The van der Waals surface area contributed by atoms with Gasteiger partial charge in [-0.05, 0) is 37.1 Å². The summed E-state index contributed by atoms with van der Waals surface area (Å²) in [5.41, 5.74) is 3.56. The molecular weight excluding hydrogens is 386 g/mol. The summed E-state index contributed by atoms with van der Waals surface area (Å²) in [6.45, 7) is 8.30. The van der Waals surface area contributed by atoms with Gasteiger partial charge >= 0.3 is 0 Å². The molecule has 0 aliphatic rings. The van der Waals surface area contributed by atoms with Crippen LogP contribution < -0.4 is 9.47 Å². The number of nitrogens with zero attached hydrogens (tertiary/aromatic N) is 3. The standard InChI is InChI=1S/C26H39N3O2/c1-5-28(6-2)25-13-11-23(12-14-25)9-7-8-10-24-15-17-27(18-16-24)21-26(31)22-29(3,4)19-20-30/h7-18,26,30-31H,5-6,19-22H2,1-4H3/q+2. The summed E-state index contributed by atoms with van der Waals surface area (Å²) in [5, 5.41) is 19.5. The Morgan fingerprint density at radius 1 is 0.935 bits per heavy atom. The SMILES string of the molecule is CCN(CC)c1ccc(/C=C/C=C/c2cc[n+](CC(O)C[N+](C)(C)CCO)cc2)cc1. The Morgan fingerprint density at radius 3 is 2.00 bits per heavy atom. The lowest BCUT2D eigenvalue weighted by molar-refractivity contribution is -0.896. The van der Waals surface area contributed by atoms with Crippen molar-refractivity contribution in [3.05, 3.63) is 72.1 Å². The topological polar surface area (TPSA) is 47.6 Å². The smallest absolute Gasteiger partial charge is 0.179 e. The second-order valence-electron chi connectivity index (χ2n) is 8.53. The zero-order valence-corrected chi connectivity index (χ0v) is 19.5. The van der Waals surface area contributed by atoms with E-state index in [0.29, 0.717) is 24.1 Å². The lowest BCUT2D eigenvalue weighted by atomic mass is 10.1. The molecule has 5 nitrogen and oxygen atoms in total. The average molecular weight is 426 g/mol. The van der Waals surface area contributed by atoms with Crippen molar-refractivity contribution in [3.8, 4) is 0 Å². The molecule has 0 spiro atoms. The maximum Gasteiger partial charge on any atom is 0.179 e. The van der Waals surface area contributed by atoms with Crippen LogP contribution in [0.1, 0.15) is 25.0 Å². The molecule has 1 aromatic heterocycles. The number of anilines is 1. The van der Waals surface area contributed by atoms with Gasteiger partial charge in [0.05, 0.1) is 20.7 Å². The van der Waals surface area contributed by atoms with Crippen LogP contribution >= 0.6 is 0 Å². The van der Waals surface area contributed by atoms with Gasteiger partial charge in [-0.15, -0.1) is 0 Å². The van der Waals surface area contributed by atoms with E-state index in [1.807, 2.05) is 49.3 Å². The van der Waals surface area contributed by atoms with Crippen LogP contribution in [-0.2, 0) is 6.54 Å². The molecular formula is C26H39N3O2+2. The van der Waals surface area contributed by atoms with Gasteiger partial charge < -0.3 is 19.6 Å². The Bertz CT molecular complexity index is 823. The van der Waals surface area contributed by atoms with Crippen molar-refractivity contribution in [1.29, 1.82) is 0 Å². The highest BCUT2D eigenvalue weighted by Gasteiger charge is 2.22. The number of hydrogen-bond donors (Lipinski definition) is 2. The first kappa shape index (κ1) is 24.8. The molecule has 1 aromatic carbocycles. The van der Waals surface area contributed by atoms with Crippen LogP contribution in [0, 0.1) is 0 Å². The van der Waals surface area contributed by atoms with Crippen molar-refractivity contribution in [2.24, 2.45) is 0 Å². The van der Waals surface area contributed by atoms with Gasteiger partial charge in [-0.1, -0.05) is 36.4 Å². The van der Waals surface area contributed by atoms with Gasteiger partial charge in [0.15, 0.2) is 25.0 Å². The van der Waals surface area contributed by atoms with Crippen LogP contribution in [-0.4, -0.2) is 67.7 Å². The Labute approximate surface area is 187 Å². The summed E-state index contributed by atoms with van der Waals surface area (Å²) in [6.07, 6.45) is 11.8. The van der Waals surface area contributed by atoms with Crippen LogP contribution in [0.4, 0.5) is 5.69 Å². The van der Waals surface area contributed by atoms with E-state index in [4.69, 9.17) is 5.11 Å². The number of aliphatic hydroxyl groups is 2. The van der Waals surface area contributed by atoms with Gasteiger partial charge in [-0.3, -0.25) is 0 Å². The van der Waals surface area contributed by atoms with E-state index in [2.05, 4.69) is 61.2 Å². The van der Waals surface area contributed by atoms with Gasteiger partial charge in [-0.25, -0.2) is 4.57 Å². The number of aliphatic hydroxyl groups excluding tert-OH is 2. The van der Waals surface area contributed by atoms with E-state index in [1.165, 1.54) is 11.3 Å². The van der Waals surface area contributed by atoms with Crippen LogP contribution in [0.3, 0.4) is 0 Å². The normalized spacial score (nSPS) is 13.2. The molecule has 0 aliphatic heterocycles. The molecule has 0 bridgehead atoms. The lowest BCUT2D eigenvalue weighted by Crippen LogP contribution is -2.51. The minimum atomic E-state index is -0.455. The summed E-state index contributed by atoms with van der Waals surface area (Å²) in [4.78, 5) is 2.34. The van der Waals surface area contributed by atoms with Gasteiger partial charge in [0.2, 0.25) is 0 Å². The van der Waals surface area contributed by atoms with Crippen molar-refractivity contribution < 1.29 is 19.3 Å². The molecule has 0 radical (unpaired) electrons. The van der Waals surface area contributed by atoms with E-state index in [1.54, 1.807) is 0 Å². The van der Waals surface area contributed by atoms with E-state index >= 15 is 0 Å². The summed E-state index contributed by atoms with van der Waals surface area (Å²) in [6, 6.07) is 12.7. The van der Waals surface area contributed by atoms with E-state index < -0.39 is 6.10 Å². The van der Waals surface area contributed by atoms with Crippen LogP contribution in [0.5, 0.6) is 0 Å². The first-order valence-electron chi connectivity index (χ1n) is 11.2. The minimum Gasteiger partial charge on any atom is -0.391 e. The first-order valence-corrected chi connectivity index (χ1v) is 11.2. The zero-order chi connectivity index (χ0) is 22.7. The fourth-order valence-corrected chi connectivity index (χ4v) is 3.65. The fraction of sp³-hybridized carbons (Fsp3) is 0.423. The van der Waals surface area contributed by atoms with Crippen LogP contribution in [0.2, 0.25) is 0 Å². The molecule has 1 atom stereocenters. The lowest BCUT2D eigenvalue weighted by Gasteiger charge is -2.30. The van der Waals surface area contributed by atoms with Crippen molar-refractivity contribution in [2.75, 3.05) is 51.8 Å². The fourth-order valence-electron chi connectivity index (χ4n) is 3.65. The molecule has 0 aliphatic carbocycles. The molecule has 0 saturated heterocycles. The number of allylic oxidation sites excluding steroid dienone is 2. The van der Waals surface area contributed by atoms with Crippen molar-refractivity contribution in [1.82, 2.24) is 0 Å². The molecule has 31 heavy (non-hydrogen) atoms. The zero-order valence-electron chi connectivity index (χ0n) is 19.5. The monoisotopic (exact) mass is 425 g/mol. The predicted molar refractivity (Wildman–Crippen MR) is 130 cm³/mol. The Hall–Kier alpha value is -2.47. The molecule has 5 heteroatoms. The number of pyridine rings is 1. The van der Waals surface area contributed by atoms with Gasteiger partial charge in [0.25, 0.3) is 0 Å². The Morgan fingerprint density at radius 2 is 1.48 bits per heavy atom. The summed E-state index contributed by atoms with van der Waals surface area (Å²) < 4.78 is 2.60. The molecule has 2 aromatic rings. The maximum absolute atomic E-state index is 10.3. The molecule has 168 valence electrons. The maximum atomic E-state index is 10.3. The minimum absolute atomic E-state index is 0.129. The molecule has 2 rings (SSSR count). The van der Waals surface area contributed by atoms with E-state index in [9.17, 15) is 5.11 Å². The van der Waals surface area contributed by atoms with Gasteiger partial charge in [0, 0.05) is 30.9 Å². The second-order valence-corrected chi connectivity index (χ2v) is 8.53. The van der Waals surface area contributed by atoms with Gasteiger partial charge in [-0.2, -0.15) is 0 Å². The molecule has 0 saturated carbocycles. The van der Waals surface area contributed by atoms with E-state index in [-0.39, 0.29) is 6.61 Å². The Balaban J connectivity index is 1.87. The van der Waals surface area contributed by atoms with Crippen molar-refractivity contribution in [2.45, 2.75) is 26.5 Å².